The maximum absolute atomic E-state index is 15.6. The first kappa shape index (κ1) is 30.1. The molecule has 0 radical (unpaired) electrons. The Kier molecular flexibility index (Phi) is 8.52. The van der Waals surface area contributed by atoms with Gasteiger partial charge in [0.25, 0.3) is 0 Å². The number of ether oxygens (including phenoxy) is 2. The summed E-state index contributed by atoms with van der Waals surface area (Å²) in [6, 6.07) is 7.30. The Morgan fingerprint density at radius 1 is 1.12 bits per heavy atom. The van der Waals surface area contributed by atoms with Crippen LogP contribution in [-0.2, 0) is 4.74 Å². The highest BCUT2D eigenvalue weighted by molar-refractivity contribution is 6.35. The molecule has 0 aliphatic carbocycles. The first-order valence-corrected chi connectivity index (χ1v) is 15.6. The van der Waals surface area contributed by atoms with E-state index >= 15 is 4.39 Å². The minimum absolute atomic E-state index is 0.0513. The van der Waals surface area contributed by atoms with Crippen molar-refractivity contribution >= 4 is 39.9 Å². The van der Waals surface area contributed by atoms with Crippen LogP contribution in [0.1, 0.15) is 64.9 Å². The molecule has 3 aromatic heterocycles. The minimum atomic E-state index is -0.434. The quantitative estimate of drug-likeness (QED) is 0.205. The molecule has 2 aliphatic heterocycles. The number of nitrogens with one attached hydrogen (secondary N) is 1. The molecule has 43 heavy (non-hydrogen) atoms. The SMILES string of the molecule is CC(C)CNC1(C)CN(c2ncc(-c3nn(C4CCCCO4)c4ccc(O[C@H](C)c5c(Cl)cncc5Cl)cc34)cc2F)C1. The fourth-order valence-corrected chi connectivity index (χ4v) is 6.59. The van der Waals surface area contributed by atoms with E-state index in [4.69, 9.17) is 37.8 Å². The lowest BCUT2D eigenvalue weighted by Crippen LogP contribution is -2.68. The van der Waals surface area contributed by atoms with Crippen molar-refractivity contribution in [3.05, 3.63) is 64.3 Å². The van der Waals surface area contributed by atoms with Crippen LogP contribution in [0, 0.1) is 11.7 Å². The Labute approximate surface area is 261 Å². The van der Waals surface area contributed by atoms with Gasteiger partial charge in [0.05, 0.1) is 21.1 Å². The second-order valence-electron chi connectivity index (χ2n) is 12.3. The minimum Gasteiger partial charge on any atom is -0.486 e. The fourth-order valence-electron chi connectivity index (χ4n) is 5.92. The molecule has 2 fully saturated rings. The number of aromatic nitrogens is 4. The molecular weight excluding hydrogens is 590 g/mol. The van der Waals surface area contributed by atoms with Gasteiger partial charge in [-0.15, -0.1) is 0 Å². The van der Waals surface area contributed by atoms with E-state index in [2.05, 4.69) is 36.1 Å². The molecule has 6 rings (SSSR count). The van der Waals surface area contributed by atoms with Gasteiger partial charge in [-0.2, -0.15) is 5.10 Å². The molecule has 11 heteroatoms. The summed E-state index contributed by atoms with van der Waals surface area (Å²) in [4.78, 5) is 10.6. The van der Waals surface area contributed by atoms with E-state index in [1.807, 2.05) is 34.7 Å². The largest absolute Gasteiger partial charge is 0.486 e. The summed E-state index contributed by atoms with van der Waals surface area (Å²) in [6.07, 6.45) is 7.11. The predicted molar refractivity (Wildman–Crippen MR) is 169 cm³/mol. The number of nitrogens with zero attached hydrogens (tertiary/aromatic N) is 5. The van der Waals surface area contributed by atoms with Crippen molar-refractivity contribution in [3.8, 4) is 17.0 Å². The maximum atomic E-state index is 15.6. The second kappa shape index (κ2) is 12.2. The van der Waals surface area contributed by atoms with Gasteiger partial charge in [0.2, 0.25) is 0 Å². The number of benzene rings is 1. The van der Waals surface area contributed by atoms with Crippen molar-refractivity contribution in [1.82, 2.24) is 25.1 Å². The van der Waals surface area contributed by atoms with Crippen LogP contribution in [0.4, 0.5) is 10.2 Å². The van der Waals surface area contributed by atoms with Gasteiger partial charge in [0.1, 0.15) is 17.5 Å². The van der Waals surface area contributed by atoms with Crippen molar-refractivity contribution in [2.75, 3.05) is 31.1 Å². The van der Waals surface area contributed by atoms with E-state index in [9.17, 15) is 0 Å². The summed E-state index contributed by atoms with van der Waals surface area (Å²) in [5.41, 5.74) is 2.69. The van der Waals surface area contributed by atoms with E-state index in [0.29, 0.717) is 64.0 Å². The molecule has 2 saturated heterocycles. The Bertz CT molecular complexity index is 1600. The molecule has 2 aliphatic rings. The van der Waals surface area contributed by atoms with Crippen molar-refractivity contribution in [1.29, 1.82) is 0 Å². The number of halogens is 3. The smallest absolute Gasteiger partial charge is 0.166 e. The lowest BCUT2D eigenvalue weighted by atomic mass is 9.91. The number of rotatable bonds is 9. The van der Waals surface area contributed by atoms with Gasteiger partial charge in [0, 0.05) is 54.8 Å². The molecule has 0 spiro atoms. The molecule has 2 atom stereocenters. The zero-order valence-electron chi connectivity index (χ0n) is 24.9. The third kappa shape index (κ3) is 6.18. The predicted octanol–water partition coefficient (Wildman–Crippen LogP) is 7.60. The monoisotopic (exact) mass is 626 g/mol. The molecule has 1 N–H and O–H groups in total. The zero-order chi connectivity index (χ0) is 30.3. The number of pyridine rings is 2. The number of fused-ring (bicyclic) bond motifs is 1. The van der Waals surface area contributed by atoms with Crippen LogP contribution in [0.25, 0.3) is 22.2 Å². The van der Waals surface area contributed by atoms with Gasteiger partial charge in [-0.25, -0.2) is 14.1 Å². The maximum Gasteiger partial charge on any atom is 0.166 e. The van der Waals surface area contributed by atoms with E-state index in [1.165, 1.54) is 6.07 Å². The molecule has 0 bridgehead atoms. The van der Waals surface area contributed by atoms with Crippen molar-refractivity contribution < 1.29 is 13.9 Å². The van der Waals surface area contributed by atoms with E-state index in [-0.39, 0.29) is 17.6 Å². The average Bonchev–Trinajstić information content (AvgIpc) is 3.34. The van der Waals surface area contributed by atoms with Crippen LogP contribution in [-0.4, -0.2) is 51.5 Å². The zero-order valence-corrected chi connectivity index (χ0v) is 26.4. The highest BCUT2D eigenvalue weighted by atomic mass is 35.5. The van der Waals surface area contributed by atoms with Crippen LogP contribution in [0.15, 0.2) is 42.9 Å². The second-order valence-corrected chi connectivity index (χ2v) is 13.1. The molecule has 4 aromatic rings. The molecule has 1 unspecified atom stereocenters. The van der Waals surface area contributed by atoms with Crippen LogP contribution >= 0.6 is 23.2 Å². The Morgan fingerprint density at radius 3 is 2.56 bits per heavy atom. The fraction of sp³-hybridized carbons (Fsp3) is 0.469. The normalized spacial score (nSPS) is 19.1. The lowest BCUT2D eigenvalue weighted by Gasteiger charge is -2.49. The van der Waals surface area contributed by atoms with Crippen LogP contribution in [0.3, 0.4) is 0 Å². The third-order valence-corrected chi connectivity index (χ3v) is 8.73. The van der Waals surface area contributed by atoms with Crippen LogP contribution in [0.2, 0.25) is 10.0 Å². The van der Waals surface area contributed by atoms with Gasteiger partial charge in [-0.05, 0) is 69.8 Å². The van der Waals surface area contributed by atoms with Crippen molar-refractivity contribution in [2.24, 2.45) is 5.92 Å². The van der Waals surface area contributed by atoms with E-state index in [0.717, 1.165) is 36.7 Å². The van der Waals surface area contributed by atoms with Gasteiger partial charge in [-0.3, -0.25) is 4.98 Å². The lowest BCUT2D eigenvalue weighted by molar-refractivity contribution is -0.0365. The topological polar surface area (TPSA) is 77.3 Å². The van der Waals surface area contributed by atoms with Gasteiger partial charge in [0.15, 0.2) is 17.9 Å². The van der Waals surface area contributed by atoms with E-state index in [1.54, 1.807) is 18.6 Å². The summed E-state index contributed by atoms with van der Waals surface area (Å²) < 4.78 is 29.9. The Hall–Kier alpha value is -2.98. The molecule has 0 amide bonds. The summed E-state index contributed by atoms with van der Waals surface area (Å²) in [6.45, 7) is 11.4. The Morgan fingerprint density at radius 2 is 1.88 bits per heavy atom. The van der Waals surface area contributed by atoms with Gasteiger partial charge >= 0.3 is 0 Å². The summed E-state index contributed by atoms with van der Waals surface area (Å²) in [7, 11) is 0. The van der Waals surface area contributed by atoms with Crippen molar-refractivity contribution in [3.63, 3.8) is 0 Å². The Balaban J connectivity index is 1.32. The molecule has 1 aromatic carbocycles. The first-order valence-electron chi connectivity index (χ1n) is 14.9. The van der Waals surface area contributed by atoms with Gasteiger partial charge < -0.3 is 19.7 Å². The average molecular weight is 628 g/mol. The van der Waals surface area contributed by atoms with Crippen molar-refractivity contribution in [2.45, 2.75) is 64.8 Å². The van der Waals surface area contributed by atoms with Crippen LogP contribution < -0.4 is 15.0 Å². The highest BCUT2D eigenvalue weighted by Gasteiger charge is 2.40. The van der Waals surface area contributed by atoms with Gasteiger partial charge in [-0.1, -0.05) is 37.0 Å². The third-order valence-electron chi connectivity index (χ3n) is 8.13. The molecule has 5 heterocycles. The molecular formula is C32H37Cl2FN6O2. The number of anilines is 1. The first-order chi connectivity index (χ1) is 20.6. The summed E-state index contributed by atoms with van der Waals surface area (Å²) in [5.74, 6) is 1.14. The molecule has 0 saturated carbocycles. The summed E-state index contributed by atoms with van der Waals surface area (Å²) >= 11 is 12.8. The highest BCUT2D eigenvalue weighted by Crippen LogP contribution is 2.38. The number of hydrogen-bond donors (Lipinski definition) is 1. The standard InChI is InChI=1S/C32H37Cl2FN6O2/c1-19(2)13-38-32(4)17-40(18-32)31-26(35)11-21(14-37-31)30-23-12-22(43-20(3)29-24(33)15-36-16-25(29)34)8-9-27(23)41(39-30)28-7-5-6-10-42-28/h8-9,11-12,14-16,19-20,28,38H,5-7,10,13,17-18H2,1-4H3/t20-,28?/m1/s1. The summed E-state index contributed by atoms with van der Waals surface area (Å²) in [5, 5.41) is 10.2. The van der Waals surface area contributed by atoms with E-state index < -0.39 is 6.10 Å². The number of hydrogen-bond acceptors (Lipinski definition) is 7. The molecule has 8 nitrogen and oxygen atoms in total. The van der Waals surface area contributed by atoms with Crippen LogP contribution in [0.5, 0.6) is 5.75 Å². The molecule has 228 valence electrons.